The first-order chi connectivity index (χ1) is 7.97. The number of imide groups is 1. The minimum atomic E-state index is -1.25. The van der Waals surface area contributed by atoms with Gasteiger partial charge < -0.3 is 9.90 Å². The Morgan fingerprint density at radius 2 is 2.24 bits per heavy atom. The summed E-state index contributed by atoms with van der Waals surface area (Å²) < 4.78 is 0. The predicted molar refractivity (Wildman–Crippen MR) is 56.3 cm³/mol. The van der Waals surface area contributed by atoms with Crippen LogP contribution in [0.2, 0.25) is 0 Å². The van der Waals surface area contributed by atoms with Gasteiger partial charge in [-0.15, -0.1) is 0 Å². The maximum atomic E-state index is 12.1. The summed E-state index contributed by atoms with van der Waals surface area (Å²) in [5, 5.41) is 10.4. The summed E-state index contributed by atoms with van der Waals surface area (Å²) in [4.78, 5) is 35.6. The molecule has 0 bridgehead atoms. The third-order valence-electron chi connectivity index (χ3n) is 3.69. The van der Waals surface area contributed by atoms with Crippen LogP contribution in [0.3, 0.4) is 0 Å². The van der Waals surface area contributed by atoms with Crippen LogP contribution in [0.15, 0.2) is 12.2 Å². The fourth-order valence-electron chi connectivity index (χ4n) is 2.58. The first-order valence-electron chi connectivity index (χ1n) is 5.67. The van der Waals surface area contributed by atoms with Crippen LogP contribution < -0.4 is 5.11 Å². The maximum absolute atomic E-state index is 12.1. The summed E-state index contributed by atoms with van der Waals surface area (Å²) in [7, 11) is 0. The molecule has 0 aromatic carbocycles. The van der Waals surface area contributed by atoms with E-state index in [2.05, 4.69) is 0 Å². The van der Waals surface area contributed by atoms with Crippen molar-refractivity contribution in [2.45, 2.75) is 26.2 Å². The van der Waals surface area contributed by atoms with E-state index >= 15 is 0 Å². The first-order valence-corrected chi connectivity index (χ1v) is 5.67. The minimum absolute atomic E-state index is 0.0773. The molecule has 1 heterocycles. The first kappa shape index (κ1) is 11.8. The molecule has 0 N–H and O–H groups in total. The molecular weight excluding hydrogens is 222 g/mol. The fourth-order valence-corrected chi connectivity index (χ4v) is 2.58. The Balaban J connectivity index is 2.19. The number of allylic oxidation sites excluding steroid dienone is 2. The summed E-state index contributed by atoms with van der Waals surface area (Å²) in [6, 6.07) is 0. The second-order valence-electron chi connectivity index (χ2n) is 4.80. The molecule has 5 heteroatoms. The predicted octanol–water partition coefficient (Wildman–Crippen LogP) is -0.532. The number of fused-ring (bicyclic) bond motifs is 1. The quantitative estimate of drug-likeness (QED) is 0.487. The van der Waals surface area contributed by atoms with Gasteiger partial charge in [0.15, 0.2) is 0 Å². The van der Waals surface area contributed by atoms with Crippen molar-refractivity contribution >= 4 is 17.8 Å². The van der Waals surface area contributed by atoms with E-state index in [1.54, 1.807) is 6.92 Å². The Labute approximate surface area is 99.1 Å². The van der Waals surface area contributed by atoms with Crippen molar-refractivity contribution in [2.24, 2.45) is 11.3 Å². The monoisotopic (exact) mass is 236 g/mol. The molecular formula is C12H14NO4-. The van der Waals surface area contributed by atoms with Gasteiger partial charge in [-0.25, -0.2) is 0 Å². The molecule has 0 aromatic rings. The fraction of sp³-hybridized carbons (Fsp3) is 0.583. The van der Waals surface area contributed by atoms with Crippen LogP contribution in [-0.2, 0) is 14.4 Å². The van der Waals surface area contributed by atoms with Gasteiger partial charge in [-0.3, -0.25) is 14.5 Å². The largest absolute Gasteiger partial charge is 0.550 e. The van der Waals surface area contributed by atoms with E-state index in [1.165, 1.54) is 0 Å². The van der Waals surface area contributed by atoms with Crippen molar-refractivity contribution < 1.29 is 19.5 Å². The number of hydrogen-bond donors (Lipinski definition) is 0. The highest BCUT2D eigenvalue weighted by Gasteiger charge is 2.55. The lowest BCUT2D eigenvalue weighted by Gasteiger charge is -2.27. The number of aliphatic carboxylic acids is 1. The Morgan fingerprint density at radius 3 is 2.82 bits per heavy atom. The second kappa shape index (κ2) is 3.98. The number of rotatable bonds is 3. The van der Waals surface area contributed by atoms with Crippen molar-refractivity contribution in [1.29, 1.82) is 0 Å². The van der Waals surface area contributed by atoms with Gasteiger partial charge in [0, 0.05) is 18.9 Å². The van der Waals surface area contributed by atoms with E-state index in [1.807, 2.05) is 12.2 Å². The van der Waals surface area contributed by atoms with Gasteiger partial charge in [-0.2, -0.15) is 0 Å². The SMILES string of the molecule is C[C@]12CC=CC[C@@H]1C(=O)N(CCC(=O)[O-])C2=O. The number of likely N-dealkylation sites (tertiary alicyclic amines) is 1. The molecule has 0 saturated carbocycles. The minimum Gasteiger partial charge on any atom is -0.550 e. The average Bonchev–Trinajstić information content (AvgIpc) is 2.46. The standard InChI is InChI=1S/C12H15NO4/c1-12-6-3-2-4-8(12)10(16)13(11(12)17)7-5-9(14)15/h2-3,8H,4-7H2,1H3,(H,14,15)/p-1/t8-,12+/m1/s1. The van der Waals surface area contributed by atoms with E-state index in [0.717, 1.165) is 4.90 Å². The number of carboxylic acids is 1. The number of carbonyl (C=O) groups is 3. The molecule has 92 valence electrons. The Morgan fingerprint density at radius 1 is 1.53 bits per heavy atom. The van der Waals surface area contributed by atoms with Crippen LogP contribution in [0, 0.1) is 11.3 Å². The molecule has 17 heavy (non-hydrogen) atoms. The zero-order valence-corrected chi connectivity index (χ0v) is 9.64. The molecule has 0 aromatic heterocycles. The molecule has 1 aliphatic heterocycles. The van der Waals surface area contributed by atoms with Crippen LogP contribution in [0.1, 0.15) is 26.2 Å². The summed E-state index contributed by atoms with van der Waals surface area (Å²) in [6.07, 6.45) is 4.62. The van der Waals surface area contributed by atoms with Gasteiger partial charge in [0.2, 0.25) is 11.8 Å². The molecule has 1 aliphatic carbocycles. The number of nitrogens with zero attached hydrogens (tertiary/aromatic N) is 1. The Hall–Kier alpha value is -1.65. The molecule has 2 aliphatic rings. The van der Waals surface area contributed by atoms with E-state index < -0.39 is 11.4 Å². The summed E-state index contributed by atoms with van der Waals surface area (Å²) in [6.45, 7) is 1.70. The van der Waals surface area contributed by atoms with Crippen LogP contribution in [0.5, 0.6) is 0 Å². The highest BCUT2D eigenvalue weighted by molar-refractivity contribution is 6.07. The lowest BCUT2D eigenvalue weighted by atomic mass is 9.72. The Kier molecular flexibility index (Phi) is 2.77. The number of hydrogen-bond acceptors (Lipinski definition) is 4. The smallest absolute Gasteiger partial charge is 0.236 e. The third-order valence-corrected chi connectivity index (χ3v) is 3.69. The zero-order chi connectivity index (χ0) is 12.6. The second-order valence-corrected chi connectivity index (χ2v) is 4.80. The average molecular weight is 236 g/mol. The lowest BCUT2D eigenvalue weighted by molar-refractivity contribution is -0.305. The van der Waals surface area contributed by atoms with Gasteiger partial charge in [-0.05, 0) is 19.8 Å². The van der Waals surface area contributed by atoms with Crippen molar-refractivity contribution in [3.63, 3.8) is 0 Å². The van der Waals surface area contributed by atoms with Crippen molar-refractivity contribution in [3.8, 4) is 0 Å². The highest BCUT2D eigenvalue weighted by atomic mass is 16.4. The zero-order valence-electron chi connectivity index (χ0n) is 9.64. The molecule has 5 nitrogen and oxygen atoms in total. The van der Waals surface area contributed by atoms with Crippen LogP contribution in [0.4, 0.5) is 0 Å². The van der Waals surface area contributed by atoms with Gasteiger partial charge in [-0.1, -0.05) is 12.2 Å². The van der Waals surface area contributed by atoms with Gasteiger partial charge in [0.1, 0.15) is 0 Å². The van der Waals surface area contributed by atoms with Crippen LogP contribution in [0.25, 0.3) is 0 Å². The van der Waals surface area contributed by atoms with Crippen molar-refractivity contribution in [1.82, 2.24) is 4.90 Å². The van der Waals surface area contributed by atoms with E-state index in [-0.39, 0.29) is 30.7 Å². The molecule has 0 radical (unpaired) electrons. The molecule has 1 saturated heterocycles. The van der Waals surface area contributed by atoms with E-state index in [9.17, 15) is 19.5 Å². The maximum Gasteiger partial charge on any atom is 0.236 e. The van der Waals surface area contributed by atoms with Crippen LogP contribution >= 0.6 is 0 Å². The van der Waals surface area contributed by atoms with E-state index in [0.29, 0.717) is 12.8 Å². The van der Waals surface area contributed by atoms with Crippen molar-refractivity contribution in [2.75, 3.05) is 6.54 Å². The summed E-state index contributed by atoms with van der Waals surface area (Å²) in [5.74, 6) is -2.08. The molecule has 2 rings (SSSR count). The molecule has 0 unspecified atom stereocenters. The van der Waals surface area contributed by atoms with E-state index in [4.69, 9.17) is 0 Å². The van der Waals surface area contributed by atoms with Gasteiger partial charge in [0.25, 0.3) is 0 Å². The molecule has 1 fully saturated rings. The number of amides is 2. The third kappa shape index (κ3) is 1.75. The summed E-state index contributed by atoms with van der Waals surface area (Å²) in [5.41, 5.74) is -0.683. The van der Waals surface area contributed by atoms with Gasteiger partial charge >= 0.3 is 0 Å². The van der Waals surface area contributed by atoms with Crippen LogP contribution in [-0.4, -0.2) is 29.2 Å². The number of carboxylic acid groups (broad SMARTS) is 1. The molecule has 0 spiro atoms. The van der Waals surface area contributed by atoms with Crippen molar-refractivity contribution in [3.05, 3.63) is 12.2 Å². The summed E-state index contributed by atoms with van der Waals surface area (Å²) >= 11 is 0. The topological polar surface area (TPSA) is 77.5 Å². The lowest BCUT2D eigenvalue weighted by Crippen LogP contribution is -2.37. The molecule has 2 atom stereocenters. The molecule has 2 amide bonds. The Bertz CT molecular complexity index is 415. The normalized spacial score (nSPS) is 31.8. The van der Waals surface area contributed by atoms with Gasteiger partial charge in [0.05, 0.1) is 11.3 Å². The highest BCUT2D eigenvalue weighted by Crippen LogP contribution is 2.45. The number of carbonyl (C=O) groups excluding carboxylic acids is 3.